The molecule has 0 amide bonds. The van der Waals surface area contributed by atoms with Gasteiger partial charge in [0.25, 0.3) is 0 Å². The molecule has 2 bridgehead atoms. The summed E-state index contributed by atoms with van der Waals surface area (Å²) in [5.41, 5.74) is 0.806. The molecule has 1 spiro atoms. The smallest absolute Gasteiger partial charge is 0.306 e. The van der Waals surface area contributed by atoms with Crippen molar-refractivity contribution in [2.24, 2.45) is 17.8 Å². The van der Waals surface area contributed by atoms with E-state index in [-0.39, 0.29) is 24.4 Å². The minimum atomic E-state index is -0.806. The number of hydrogen-bond acceptors (Lipinski definition) is 7. The van der Waals surface area contributed by atoms with Crippen LogP contribution < -0.4 is 4.90 Å². The largest absolute Gasteiger partial charge is 0.463 e. The van der Waals surface area contributed by atoms with E-state index in [1.165, 1.54) is 0 Å². The zero-order valence-electron chi connectivity index (χ0n) is 22.0. The Hall–Kier alpha value is -1.09. The van der Waals surface area contributed by atoms with Gasteiger partial charge in [-0.3, -0.25) is 4.79 Å². The molecule has 4 aliphatic heterocycles. The van der Waals surface area contributed by atoms with Crippen molar-refractivity contribution in [3.63, 3.8) is 0 Å². The van der Waals surface area contributed by atoms with Gasteiger partial charge in [-0.05, 0) is 69.1 Å². The van der Waals surface area contributed by atoms with Crippen LogP contribution in [0.5, 0.6) is 0 Å². The van der Waals surface area contributed by atoms with Crippen LogP contribution in [0.1, 0.15) is 58.4 Å². The normalized spacial score (nSPS) is 38.2. The van der Waals surface area contributed by atoms with Crippen LogP contribution >= 0.6 is 23.2 Å². The first-order valence-electron chi connectivity index (χ1n) is 13.6. The fourth-order valence-electron chi connectivity index (χ4n) is 6.93. The van der Waals surface area contributed by atoms with Gasteiger partial charge >= 0.3 is 5.97 Å². The predicted octanol–water partition coefficient (Wildman–Crippen LogP) is 5.45. The van der Waals surface area contributed by atoms with Gasteiger partial charge < -0.3 is 19.1 Å². The molecule has 4 saturated heterocycles. The maximum atomic E-state index is 12.8. The number of aryl methyl sites for hydroxylation is 1. The number of carbonyl (C=O) groups is 1. The summed E-state index contributed by atoms with van der Waals surface area (Å²) in [4.78, 5) is 26.9. The number of fused-ring (bicyclic) bond motifs is 2. The van der Waals surface area contributed by atoms with E-state index < -0.39 is 23.3 Å². The molecule has 5 fully saturated rings. The third kappa shape index (κ3) is 5.12. The summed E-state index contributed by atoms with van der Waals surface area (Å²) in [6, 6.07) is 8.19. The first-order valence-corrected chi connectivity index (χ1v) is 14.6. The highest BCUT2D eigenvalue weighted by Gasteiger charge is 2.74. The minimum absolute atomic E-state index is 0.0260. The quantitative estimate of drug-likeness (QED) is 0.216. The number of rotatable bonds is 10. The van der Waals surface area contributed by atoms with Crippen molar-refractivity contribution in [2.75, 3.05) is 36.4 Å². The van der Waals surface area contributed by atoms with Crippen LogP contribution in [0.4, 0.5) is 5.69 Å². The van der Waals surface area contributed by atoms with Crippen LogP contribution in [-0.2, 0) is 35.2 Å². The summed E-state index contributed by atoms with van der Waals surface area (Å²) in [6.45, 7) is 7.87. The van der Waals surface area contributed by atoms with Crippen molar-refractivity contribution in [3.8, 4) is 0 Å². The van der Waals surface area contributed by atoms with E-state index in [9.17, 15) is 4.79 Å². The van der Waals surface area contributed by atoms with Crippen molar-refractivity contribution in [1.29, 1.82) is 0 Å². The lowest BCUT2D eigenvalue weighted by Crippen LogP contribution is -2.62. The van der Waals surface area contributed by atoms with Crippen LogP contribution in [0.25, 0.3) is 0 Å². The average molecular weight is 557 g/mol. The summed E-state index contributed by atoms with van der Waals surface area (Å²) in [6.07, 6.45) is 4.14. The highest BCUT2D eigenvalue weighted by molar-refractivity contribution is 6.18. The maximum Gasteiger partial charge on any atom is 0.306 e. The Morgan fingerprint density at radius 1 is 1.05 bits per heavy atom. The maximum absolute atomic E-state index is 12.8. The molecule has 37 heavy (non-hydrogen) atoms. The van der Waals surface area contributed by atoms with E-state index in [4.69, 9.17) is 47.2 Å². The number of esters is 1. The van der Waals surface area contributed by atoms with E-state index >= 15 is 0 Å². The van der Waals surface area contributed by atoms with E-state index in [1.807, 2.05) is 26.0 Å². The van der Waals surface area contributed by atoms with Gasteiger partial charge in [0.1, 0.15) is 12.2 Å². The first kappa shape index (κ1) is 27.5. The summed E-state index contributed by atoms with van der Waals surface area (Å²) >= 11 is 11.8. The zero-order chi connectivity index (χ0) is 26.3. The van der Waals surface area contributed by atoms with Crippen LogP contribution in [0.3, 0.4) is 0 Å². The summed E-state index contributed by atoms with van der Waals surface area (Å²) in [5, 5.41) is 0. The van der Waals surface area contributed by atoms with Crippen molar-refractivity contribution in [2.45, 2.75) is 82.6 Å². The molecule has 4 heterocycles. The van der Waals surface area contributed by atoms with Gasteiger partial charge in [0, 0.05) is 49.3 Å². The fraction of sp³-hybridized carbons (Fsp3) is 0.750. The summed E-state index contributed by atoms with van der Waals surface area (Å²) in [5.74, 6) is 0.840. The lowest BCUT2D eigenvalue weighted by atomic mass is 9.60. The third-order valence-electron chi connectivity index (χ3n) is 8.98. The molecule has 7 nitrogen and oxygen atoms in total. The molecule has 1 saturated carbocycles. The monoisotopic (exact) mass is 555 g/mol. The fourth-order valence-corrected chi connectivity index (χ4v) is 7.34. The average Bonchev–Trinajstić information content (AvgIpc) is 2.96. The number of nitrogens with zero attached hydrogens (tertiary/aromatic N) is 1. The van der Waals surface area contributed by atoms with Gasteiger partial charge in [-0.15, -0.1) is 23.2 Å². The van der Waals surface area contributed by atoms with Crippen molar-refractivity contribution in [1.82, 2.24) is 0 Å². The molecule has 6 rings (SSSR count). The number of ether oxygens (including phenoxy) is 3. The number of benzene rings is 1. The SMILES string of the molecule is C[C@@H]1CC[C@@H]2[C@]34OO[C@](C)(CC[C@@H]13)O[C@H]4O[C@]2(C)COC(=O)CCc1ccc(N(CCCl)CCCl)cc1. The highest BCUT2D eigenvalue weighted by Crippen LogP contribution is 2.63. The number of carbonyl (C=O) groups excluding carboxylic acids is 1. The Bertz CT molecular complexity index is 958. The molecule has 206 valence electrons. The molecule has 1 aromatic carbocycles. The molecule has 0 unspecified atom stereocenters. The Kier molecular flexibility index (Phi) is 8.03. The molecular weight excluding hydrogens is 517 g/mol. The Balaban J connectivity index is 1.19. The van der Waals surface area contributed by atoms with Gasteiger partial charge in [0.05, 0.1) is 0 Å². The molecule has 7 atom stereocenters. The van der Waals surface area contributed by atoms with Crippen LogP contribution in [0.2, 0.25) is 0 Å². The van der Waals surface area contributed by atoms with Crippen LogP contribution in [0, 0.1) is 17.8 Å². The van der Waals surface area contributed by atoms with E-state index in [0.29, 0.717) is 30.5 Å². The van der Waals surface area contributed by atoms with Crippen molar-refractivity contribution < 1.29 is 28.8 Å². The van der Waals surface area contributed by atoms with E-state index in [1.54, 1.807) is 0 Å². The first-order chi connectivity index (χ1) is 17.7. The second kappa shape index (κ2) is 10.8. The van der Waals surface area contributed by atoms with Crippen LogP contribution in [-0.4, -0.2) is 60.7 Å². The van der Waals surface area contributed by atoms with E-state index in [2.05, 4.69) is 24.0 Å². The highest BCUT2D eigenvalue weighted by atomic mass is 35.5. The number of alkyl halides is 2. The van der Waals surface area contributed by atoms with Gasteiger partial charge in [-0.25, -0.2) is 9.78 Å². The zero-order valence-corrected chi connectivity index (χ0v) is 23.6. The molecule has 9 heteroatoms. The Morgan fingerprint density at radius 2 is 1.78 bits per heavy atom. The van der Waals surface area contributed by atoms with Gasteiger partial charge in [-0.2, -0.15) is 0 Å². The van der Waals surface area contributed by atoms with E-state index in [0.717, 1.165) is 50.0 Å². The number of anilines is 1. The second-order valence-corrected chi connectivity index (χ2v) is 12.2. The Labute approximate surface area is 229 Å². The molecule has 1 aromatic rings. The molecule has 1 aliphatic carbocycles. The number of hydrogen-bond donors (Lipinski definition) is 0. The minimum Gasteiger partial charge on any atom is -0.463 e. The topological polar surface area (TPSA) is 66.5 Å². The standard InChI is InChI=1S/C28H39Cl2NO6/c1-19-4-10-23-26(2,34-25-28(23)22(19)12-13-27(3,35-25)36-37-28)18-33-24(32)11-7-20-5-8-21(9-6-20)31(16-14-29)17-15-30/h5-6,8-9,19,22-23,25H,4,7,10-18H2,1-3H3/t19-,22+,23+,25-,26-,27-,28-/m1/s1. The molecular formula is C28H39Cl2NO6. The lowest BCUT2D eigenvalue weighted by Gasteiger charge is -2.50. The second-order valence-electron chi connectivity index (χ2n) is 11.5. The molecule has 5 aliphatic rings. The molecule has 0 radical (unpaired) electrons. The third-order valence-corrected chi connectivity index (χ3v) is 9.32. The van der Waals surface area contributed by atoms with Gasteiger partial charge in [-0.1, -0.05) is 19.1 Å². The molecule has 0 aromatic heterocycles. The van der Waals surface area contributed by atoms with Gasteiger partial charge in [0.15, 0.2) is 11.9 Å². The predicted molar refractivity (Wildman–Crippen MR) is 142 cm³/mol. The summed E-state index contributed by atoms with van der Waals surface area (Å²) < 4.78 is 18.7. The number of halogens is 2. The van der Waals surface area contributed by atoms with Gasteiger partial charge in [0.2, 0.25) is 5.79 Å². The lowest BCUT2D eigenvalue weighted by molar-refractivity contribution is -0.541. The van der Waals surface area contributed by atoms with Crippen LogP contribution in [0.15, 0.2) is 24.3 Å². The van der Waals surface area contributed by atoms with Crippen molar-refractivity contribution in [3.05, 3.63) is 29.8 Å². The molecule has 0 N–H and O–H groups in total. The summed E-state index contributed by atoms with van der Waals surface area (Å²) in [7, 11) is 0. The Morgan fingerprint density at radius 3 is 2.49 bits per heavy atom. The van der Waals surface area contributed by atoms with Crippen molar-refractivity contribution >= 4 is 34.9 Å².